The van der Waals surface area contributed by atoms with Crippen LogP contribution in [0, 0.1) is 4.77 Å². The summed E-state index contributed by atoms with van der Waals surface area (Å²) in [5.74, 6) is 0.430. The highest BCUT2D eigenvalue weighted by atomic mass is 79.9. The van der Waals surface area contributed by atoms with Crippen LogP contribution < -0.4 is 5.32 Å². The van der Waals surface area contributed by atoms with E-state index in [0.29, 0.717) is 17.1 Å². The van der Waals surface area contributed by atoms with Crippen LogP contribution in [-0.4, -0.2) is 26.8 Å². The van der Waals surface area contributed by atoms with Crippen molar-refractivity contribution in [1.82, 2.24) is 15.2 Å². The molecule has 90 valence electrons. The maximum atomic E-state index is 9.82. The second-order valence-electron chi connectivity index (χ2n) is 3.47. The molecule has 1 aromatic heterocycles. The second-order valence-corrected chi connectivity index (χ2v) is 4.79. The largest absolute Gasteiger partial charge is 0.383 e. The molecule has 1 atom stereocenters. The maximum absolute atomic E-state index is 9.82. The Morgan fingerprint density at radius 2 is 2.12 bits per heavy atom. The molecule has 0 spiro atoms. The van der Waals surface area contributed by atoms with Gasteiger partial charge in [0.05, 0.1) is 0 Å². The minimum Gasteiger partial charge on any atom is -0.383 e. The number of halogens is 1. The van der Waals surface area contributed by atoms with Crippen LogP contribution in [0.15, 0.2) is 28.7 Å². The van der Waals surface area contributed by atoms with Gasteiger partial charge in [0.15, 0.2) is 10.6 Å². The molecule has 1 aromatic carbocycles. The molecule has 0 aliphatic heterocycles. The van der Waals surface area contributed by atoms with Crippen LogP contribution in [0.4, 0.5) is 5.69 Å². The minimum atomic E-state index is -0.730. The number of nitrogens with zero attached hydrogens (tertiary/aromatic N) is 1. The Hall–Kier alpha value is -1.18. The van der Waals surface area contributed by atoms with Gasteiger partial charge in [-0.25, -0.2) is 0 Å². The fraction of sp³-hybridized carbons (Fsp3) is 0.200. The number of nitrogens with one attached hydrogen (secondary N) is 3. The van der Waals surface area contributed by atoms with Crippen molar-refractivity contribution < 1.29 is 5.11 Å². The van der Waals surface area contributed by atoms with Crippen LogP contribution in [0.1, 0.15) is 11.9 Å². The number of anilines is 1. The van der Waals surface area contributed by atoms with Crippen molar-refractivity contribution >= 4 is 33.8 Å². The highest BCUT2D eigenvalue weighted by molar-refractivity contribution is 9.10. The Balaban J connectivity index is 1.94. The van der Waals surface area contributed by atoms with E-state index in [1.54, 1.807) is 0 Å². The highest BCUT2D eigenvalue weighted by Gasteiger charge is 2.10. The molecule has 2 rings (SSSR count). The molecule has 17 heavy (non-hydrogen) atoms. The van der Waals surface area contributed by atoms with Gasteiger partial charge in [0.25, 0.3) is 0 Å². The Bertz CT molecular complexity index is 536. The third-order valence-corrected chi connectivity index (χ3v) is 2.90. The maximum Gasteiger partial charge on any atom is 0.192 e. The van der Waals surface area contributed by atoms with E-state index in [-0.39, 0.29) is 0 Å². The van der Waals surface area contributed by atoms with Crippen LogP contribution in [0.5, 0.6) is 0 Å². The first-order chi connectivity index (χ1) is 8.15. The average molecular weight is 315 g/mol. The number of aliphatic hydroxyl groups excluding tert-OH is 1. The van der Waals surface area contributed by atoms with Crippen LogP contribution >= 0.6 is 28.1 Å². The predicted molar refractivity (Wildman–Crippen MR) is 71.4 cm³/mol. The first-order valence-corrected chi connectivity index (χ1v) is 6.17. The zero-order valence-corrected chi connectivity index (χ0v) is 11.2. The van der Waals surface area contributed by atoms with Crippen molar-refractivity contribution in [2.24, 2.45) is 0 Å². The fourth-order valence-electron chi connectivity index (χ4n) is 1.32. The van der Waals surface area contributed by atoms with Gasteiger partial charge in [-0.15, -0.1) is 0 Å². The molecule has 0 saturated heterocycles. The van der Waals surface area contributed by atoms with Crippen molar-refractivity contribution in [2.45, 2.75) is 6.10 Å². The lowest BCUT2D eigenvalue weighted by Crippen LogP contribution is -2.13. The van der Waals surface area contributed by atoms with Crippen molar-refractivity contribution in [3.8, 4) is 0 Å². The summed E-state index contributed by atoms with van der Waals surface area (Å²) in [4.78, 5) is 2.77. The van der Waals surface area contributed by atoms with E-state index < -0.39 is 6.10 Å². The van der Waals surface area contributed by atoms with Gasteiger partial charge in [-0.05, 0) is 36.5 Å². The van der Waals surface area contributed by atoms with Crippen LogP contribution in [0.25, 0.3) is 0 Å². The molecule has 0 aliphatic rings. The van der Waals surface area contributed by atoms with Gasteiger partial charge in [0.2, 0.25) is 0 Å². The average Bonchev–Trinajstić information content (AvgIpc) is 2.75. The Labute approximate surface area is 111 Å². The van der Waals surface area contributed by atoms with Gasteiger partial charge in [0, 0.05) is 16.7 Å². The van der Waals surface area contributed by atoms with E-state index in [2.05, 4.69) is 36.4 Å². The highest BCUT2D eigenvalue weighted by Crippen LogP contribution is 2.15. The molecular formula is C10H11BrN4OS. The summed E-state index contributed by atoms with van der Waals surface area (Å²) in [6.07, 6.45) is -0.730. The van der Waals surface area contributed by atoms with E-state index in [0.717, 1.165) is 10.2 Å². The van der Waals surface area contributed by atoms with Gasteiger partial charge in [-0.3, -0.25) is 5.10 Å². The first-order valence-electron chi connectivity index (χ1n) is 4.97. The van der Waals surface area contributed by atoms with Gasteiger partial charge in [-0.2, -0.15) is 5.10 Å². The number of rotatable bonds is 4. The van der Waals surface area contributed by atoms with E-state index in [1.807, 2.05) is 24.3 Å². The van der Waals surface area contributed by atoms with Gasteiger partial charge in [-0.1, -0.05) is 15.9 Å². The summed E-state index contributed by atoms with van der Waals surface area (Å²) in [6, 6.07) is 7.70. The van der Waals surface area contributed by atoms with Gasteiger partial charge < -0.3 is 15.4 Å². The van der Waals surface area contributed by atoms with E-state index in [9.17, 15) is 5.11 Å². The van der Waals surface area contributed by atoms with Crippen molar-refractivity contribution in [3.05, 3.63) is 39.3 Å². The third-order valence-electron chi connectivity index (χ3n) is 2.18. The van der Waals surface area contributed by atoms with Crippen LogP contribution in [0.2, 0.25) is 0 Å². The Kier molecular flexibility index (Phi) is 3.93. The first kappa shape index (κ1) is 12.3. The topological polar surface area (TPSA) is 76.7 Å². The molecular weight excluding hydrogens is 304 g/mol. The van der Waals surface area contributed by atoms with E-state index in [1.165, 1.54) is 0 Å². The summed E-state index contributed by atoms with van der Waals surface area (Å²) < 4.78 is 1.42. The predicted octanol–water partition coefficient (Wildman–Crippen LogP) is 2.38. The molecule has 1 unspecified atom stereocenters. The number of hydrogen-bond donors (Lipinski definition) is 4. The Morgan fingerprint density at radius 1 is 1.41 bits per heavy atom. The molecule has 0 radical (unpaired) electrons. The minimum absolute atomic E-state index is 0.359. The van der Waals surface area contributed by atoms with Crippen LogP contribution in [0.3, 0.4) is 0 Å². The molecule has 0 amide bonds. The summed E-state index contributed by atoms with van der Waals surface area (Å²) in [7, 11) is 0. The summed E-state index contributed by atoms with van der Waals surface area (Å²) >= 11 is 8.19. The van der Waals surface area contributed by atoms with Crippen molar-refractivity contribution in [1.29, 1.82) is 0 Å². The van der Waals surface area contributed by atoms with Gasteiger partial charge >= 0.3 is 0 Å². The Morgan fingerprint density at radius 3 is 2.71 bits per heavy atom. The zero-order chi connectivity index (χ0) is 12.3. The zero-order valence-electron chi connectivity index (χ0n) is 8.77. The van der Waals surface area contributed by atoms with Crippen molar-refractivity contribution in [3.63, 3.8) is 0 Å². The number of aromatic nitrogens is 3. The summed E-state index contributed by atoms with van der Waals surface area (Å²) in [5, 5.41) is 19.3. The molecule has 5 nitrogen and oxygen atoms in total. The molecule has 0 saturated carbocycles. The quantitative estimate of drug-likeness (QED) is 0.653. The lowest BCUT2D eigenvalue weighted by molar-refractivity contribution is 0.182. The second kappa shape index (κ2) is 5.44. The number of aliphatic hydroxyl groups is 1. The monoisotopic (exact) mass is 314 g/mol. The molecule has 0 aliphatic carbocycles. The molecule has 0 fully saturated rings. The SMILES string of the molecule is OC(CNc1ccc(Br)cc1)c1n[nH]c(=S)[nH]1. The van der Waals surface area contributed by atoms with E-state index >= 15 is 0 Å². The number of hydrogen-bond acceptors (Lipinski definition) is 4. The third kappa shape index (κ3) is 3.39. The molecule has 1 heterocycles. The van der Waals surface area contributed by atoms with Crippen LogP contribution in [-0.2, 0) is 0 Å². The van der Waals surface area contributed by atoms with Gasteiger partial charge in [0.1, 0.15) is 6.10 Å². The standard InChI is InChI=1S/C10H11BrN4OS/c11-6-1-3-7(4-2-6)12-5-8(16)9-13-10(17)15-14-9/h1-4,8,12,16H,5H2,(H2,13,14,15,17). The number of aromatic amines is 2. The smallest absolute Gasteiger partial charge is 0.192 e. The molecule has 0 bridgehead atoms. The molecule has 2 aromatic rings. The number of benzene rings is 1. The summed E-state index contributed by atoms with van der Waals surface area (Å²) in [6.45, 7) is 0.359. The lowest BCUT2D eigenvalue weighted by Gasteiger charge is -2.10. The number of H-pyrrole nitrogens is 2. The summed E-state index contributed by atoms with van der Waals surface area (Å²) in [5.41, 5.74) is 0.932. The molecule has 7 heteroatoms. The molecule has 4 N–H and O–H groups in total. The van der Waals surface area contributed by atoms with Crippen molar-refractivity contribution in [2.75, 3.05) is 11.9 Å². The normalized spacial score (nSPS) is 12.4. The fourth-order valence-corrected chi connectivity index (χ4v) is 1.73. The van der Waals surface area contributed by atoms with E-state index in [4.69, 9.17) is 12.2 Å². The lowest BCUT2D eigenvalue weighted by atomic mass is 10.3.